The summed E-state index contributed by atoms with van der Waals surface area (Å²) in [5.74, 6) is 2.68. The fraction of sp³-hybridized carbons (Fsp3) is 0.263. The topological polar surface area (TPSA) is 68.3 Å². The van der Waals surface area contributed by atoms with Crippen LogP contribution in [0.5, 0.6) is 0 Å². The second-order valence-electron chi connectivity index (χ2n) is 5.86. The van der Waals surface area contributed by atoms with Crippen LogP contribution in [0.2, 0.25) is 5.02 Å². The molecule has 0 fully saturated rings. The smallest absolute Gasteiger partial charge is 0.221 e. The molecule has 1 atom stereocenters. The monoisotopic (exact) mass is 358 g/mol. The molecule has 1 aromatic carbocycles. The Hall–Kier alpha value is -2.53. The number of rotatable bonds is 6. The summed E-state index contributed by atoms with van der Waals surface area (Å²) in [5, 5.41) is 3.58. The van der Waals surface area contributed by atoms with Crippen LogP contribution in [0.15, 0.2) is 51.4 Å². The van der Waals surface area contributed by atoms with Crippen molar-refractivity contribution in [1.82, 2.24) is 10.3 Å². The molecular weight excluding hydrogens is 340 g/mol. The Balaban J connectivity index is 1.53. The van der Waals surface area contributed by atoms with Gasteiger partial charge in [0.25, 0.3) is 0 Å². The molecule has 1 amide bonds. The van der Waals surface area contributed by atoms with Crippen LogP contribution in [0.4, 0.5) is 0 Å². The van der Waals surface area contributed by atoms with Crippen molar-refractivity contribution in [3.8, 4) is 11.3 Å². The van der Waals surface area contributed by atoms with Gasteiger partial charge in [0.2, 0.25) is 5.91 Å². The van der Waals surface area contributed by atoms with E-state index in [0.717, 1.165) is 17.1 Å². The number of amides is 1. The van der Waals surface area contributed by atoms with Crippen LogP contribution in [-0.2, 0) is 11.2 Å². The molecule has 0 saturated heterocycles. The van der Waals surface area contributed by atoms with Crippen LogP contribution in [0.1, 0.15) is 36.8 Å². The molecule has 5 nitrogen and oxygen atoms in total. The third-order valence-corrected chi connectivity index (χ3v) is 4.07. The highest BCUT2D eigenvalue weighted by Gasteiger charge is 2.14. The number of aryl methyl sites for hydroxylation is 2. The van der Waals surface area contributed by atoms with E-state index in [4.69, 9.17) is 20.4 Å². The molecule has 130 valence electrons. The van der Waals surface area contributed by atoms with Crippen molar-refractivity contribution in [2.75, 3.05) is 0 Å². The minimum Gasteiger partial charge on any atom is -0.464 e. The third-order valence-electron chi connectivity index (χ3n) is 3.81. The van der Waals surface area contributed by atoms with Crippen molar-refractivity contribution in [1.29, 1.82) is 0 Å². The summed E-state index contributed by atoms with van der Waals surface area (Å²) < 4.78 is 11.2. The van der Waals surface area contributed by atoms with Crippen molar-refractivity contribution in [2.24, 2.45) is 0 Å². The van der Waals surface area contributed by atoms with Crippen LogP contribution >= 0.6 is 11.6 Å². The summed E-state index contributed by atoms with van der Waals surface area (Å²) in [6.45, 7) is 3.76. The third kappa shape index (κ3) is 4.51. The zero-order valence-corrected chi connectivity index (χ0v) is 14.8. The molecule has 2 aromatic heterocycles. The van der Waals surface area contributed by atoms with E-state index < -0.39 is 0 Å². The molecule has 0 aliphatic heterocycles. The molecule has 0 bridgehead atoms. The van der Waals surface area contributed by atoms with Gasteiger partial charge in [-0.2, -0.15) is 0 Å². The highest BCUT2D eigenvalue weighted by molar-refractivity contribution is 6.30. The second-order valence-corrected chi connectivity index (χ2v) is 6.30. The molecule has 0 aliphatic carbocycles. The highest BCUT2D eigenvalue weighted by atomic mass is 35.5. The number of hydrogen-bond acceptors (Lipinski definition) is 4. The Morgan fingerprint density at radius 2 is 1.96 bits per heavy atom. The Morgan fingerprint density at radius 1 is 1.20 bits per heavy atom. The number of halogens is 1. The summed E-state index contributed by atoms with van der Waals surface area (Å²) in [7, 11) is 0. The minimum absolute atomic E-state index is 0.0761. The molecule has 1 N–H and O–H groups in total. The molecule has 0 radical (unpaired) electrons. The molecule has 0 unspecified atom stereocenters. The van der Waals surface area contributed by atoms with Crippen molar-refractivity contribution < 1.29 is 13.6 Å². The minimum atomic E-state index is -0.171. The number of furan rings is 1. The maximum absolute atomic E-state index is 12.1. The van der Waals surface area contributed by atoms with E-state index >= 15 is 0 Å². The first kappa shape index (κ1) is 17.3. The highest BCUT2D eigenvalue weighted by Crippen LogP contribution is 2.23. The maximum atomic E-state index is 12.1. The van der Waals surface area contributed by atoms with Gasteiger partial charge >= 0.3 is 0 Å². The Bertz CT molecular complexity index is 852. The van der Waals surface area contributed by atoms with E-state index in [0.29, 0.717) is 29.5 Å². The van der Waals surface area contributed by atoms with Gasteiger partial charge < -0.3 is 14.2 Å². The molecule has 3 rings (SSSR count). The fourth-order valence-electron chi connectivity index (χ4n) is 2.46. The van der Waals surface area contributed by atoms with Gasteiger partial charge in [-0.3, -0.25) is 4.79 Å². The van der Waals surface area contributed by atoms with Crippen molar-refractivity contribution in [3.05, 3.63) is 65.0 Å². The molecule has 25 heavy (non-hydrogen) atoms. The van der Waals surface area contributed by atoms with Gasteiger partial charge in [0, 0.05) is 23.4 Å². The first-order valence-corrected chi connectivity index (χ1v) is 8.45. The lowest BCUT2D eigenvalue weighted by Crippen LogP contribution is -2.26. The first-order valence-electron chi connectivity index (χ1n) is 8.07. The van der Waals surface area contributed by atoms with Gasteiger partial charge in [0.1, 0.15) is 11.5 Å². The van der Waals surface area contributed by atoms with Gasteiger partial charge in [-0.15, -0.1) is 0 Å². The van der Waals surface area contributed by atoms with E-state index in [1.807, 2.05) is 38.1 Å². The van der Waals surface area contributed by atoms with E-state index in [1.54, 1.807) is 18.3 Å². The molecule has 6 heteroatoms. The molecule has 0 saturated carbocycles. The van der Waals surface area contributed by atoms with Gasteiger partial charge in [0.05, 0.1) is 12.2 Å². The lowest BCUT2D eigenvalue weighted by Gasteiger charge is -2.10. The predicted octanol–water partition coefficient (Wildman–Crippen LogP) is 4.71. The maximum Gasteiger partial charge on any atom is 0.221 e. The zero-order valence-electron chi connectivity index (χ0n) is 14.1. The molecular formula is C19H19ClN2O3. The normalized spacial score (nSPS) is 12.1. The van der Waals surface area contributed by atoms with Crippen LogP contribution < -0.4 is 5.32 Å². The van der Waals surface area contributed by atoms with Crippen molar-refractivity contribution in [3.63, 3.8) is 0 Å². The van der Waals surface area contributed by atoms with Gasteiger partial charge in [-0.25, -0.2) is 4.98 Å². The van der Waals surface area contributed by atoms with Gasteiger partial charge in [-0.1, -0.05) is 11.6 Å². The van der Waals surface area contributed by atoms with E-state index in [-0.39, 0.29) is 11.9 Å². The van der Waals surface area contributed by atoms with E-state index in [2.05, 4.69) is 10.3 Å². The number of nitrogens with zero attached hydrogens (tertiary/aromatic N) is 1. The fourth-order valence-corrected chi connectivity index (χ4v) is 2.59. The first-order chi connectivity index (χ1) is 12.0. The molecule has 0 spiro atoms. The number of hydrogen-bond donors (Lipinski definition) is 1. The Morgan fingerprint density at radius 3 is 2.64 bits per heavy atom. The standard InChI is InChI=1S/C19H19ClN2O3/c1-12-3-8-16(24-12)13(2)22-18(23)9-10-19-21-11-17(25-19)14-4-6-15(20)7-5-14/h3-8,11,13H,9-10H2,1-2H3,(H,22,23)/t13-/m0/s1. The lowest BCUT2D eigenvalue weighted by atomic mass is 10.2. The number of nitrogens with one attached hydrogen (secondary N) is 1. The summed E-state index contributed by atoms with van der Waals surface area (Å²) in [6, 6.07) is 10.9. The number of benzene rings is 1. The van der Waals surface area contributed by atoms with Crippen LogP contribution in [-0.4, -0.2) is 10.9 Å². The van der Waals surface area contributed by atoms with E-state index in [1.165, 1.54) is 0 Å². The largest absolute Gasteiger partial charge is 0.464 e. The lowest BCUT2D eigenvalue weighted by molar-refractivity contribution is -0.121. The molecule has 3 aromatic rings. The van der Waals surface area contributed by atoms with Crippen molar-refractivity contribution >= 4 is 17.5 Å². The Labute approximate surface area is 151 Å². The average molecular weight is 359 g/mol. The van der Waals surface area contributed by atoms with Crippen LogP contribution in [0.25, 0.3) is 11.3 Å². The second kappa shape index (κ2) is 7.57. The number of carbonyl (C=O) groups excluding carboxylic acids is 1. The SMILES string of the molecule is Cc1ccc([C@H](C)NC(=O)CCc2ncc(-c3ccc(Cl)cc3)o2)o1. The molecule has 0 aliphatic rings. The Kier molecular flexibility index (Phi) is 5.24. The van der Waals surface area contributed by atoms with Gasteiger partial charge in [0.15, 0.2) is 11.7 Å². The number of oxazole rings is 1. The number of carbonyl (C=O) groups is 1. The van der Waals surface area contributed by atoms with Gasteiger partial charge in [-0.05, 0) is 50.2 Å². The average Bonchev–Trinajstić information content (AvgIpc) is 3.23. The van der Waals surface area contributed by atoms with Crippen LogP contribution in [0, 0.1) is 6.92 Å². The van der Waals surface area contributed by atoms with Crippen molar-refractivity contribution in [2.45, 2.75) is 32.7 Å². The zero-order chi connectivity index (χ0) is 17.8. The predicted molar refractivity (Wildman–Crippen MR) is 95.3 cm³/mol. The summed E-state index contributed by atoms with van der Waals surface area (Å²) in [4.78, 5) is 16.3. The molecule has 2 heterocycles. The quantitative estimate of drug-likeness (QED) is 0.693. The summed E-state index contributed by atoms with van der Waals surface area (Å²) >= 11 is 5.88. The van der Waals surface area contributed by atoms with Crippen LogP contribution in [0.3, 0.4) is 0 Å². The summed E-state index contributed by atoms with van der Waals surface area (Å²) in [6.07, 6.45) is 2.39. The summed E-state index contributed by atoms with van der Waals surface area (Å²) in [5.41, 5.74) is 0.898. The van der Waals surface area contributed by atoms with E-state index in [9.17, 15) is 4.79 Å². The number of aromatic nitrogens is 1.